The number of hydrogen-bond donors (Lipinski definition) is 0. The first-order valence-electron chi connectivity index (χ1n) is 5.98. The number of rotatable bonds is 2. The highest BCUT2D eigenvalue weighted by Gasteiger charge is 2.13. The smallest absolute Gasteiger partial charge is 0.180 e. The van der Waals surface area contributed by atoms with Gasteiger partial charge in [-0.15, -0.1) is 0 Å². The number of halogens is 1. The van der Waals surface area contributed by atoms with E-state index in [0.29, 0.717) is 5.75 Å². The van der Waals surface area contributed by atoms with Gasteiger partial charge < -0.3 is 4.74 Å². The average Bonchev–Trinajstić information content (AvgIpc) is 2.74. The van der Waals surface area contributed by atoms with Crippen LogP contribution in [0.2, 0.25) is 0 Å². The fourth-order valence-corrected chi connectivity index (χ4v) is 2.30. The SMILES string of the molecule is COc1cccn2c(-c3cccc(F)c3)c(C)nc12. The van der Waals surface area contributed by atoms with E-state index in [0.717, 1.165) is 22.6 Å². The molecule has 3 rings (SSSR count). The van der Waals surface area contributed by atoms with Crippen molar-refractivity contribution >= 4 is 5.65 Å². The number of pyridine rings is 1. The Kier molecular flexibility index (Phi) is 2.71. The van der Waals surface area contributed by atoms with Crippen LogP contribution in [-0.2, 0) is 0 Å². The molecule has 0 N–H and O–H groups in total. The van der Waals surface area contributed by atoms with Crippen LogP contribution in [0.4, 0.5) is 4.39 Å². The van der Waals surface area contributed by atoms with Gasteiger partial charge in [0.05, 0.1) is 18.5 Å². The number of benzene rings is 1. The van der Waals surface area contributed by atoms with Gasteiger partial charge in [0.15, 0.2) is 11.4 Å². The molecule has 0 spiro atoms. The van der Waals surface area contributed by atoms with E-state index in [2.05, 4.69) is 4.98 Å². The Balaban J connectivity index is 2.32. The van der Waals surface area contributed by atoms with Crippen LogP contribution >= 0.6 is 0 Å². The molecule has 0 aliphatic carbocycles. The lowest BCUT2D eigenvalue weighted by molar-refractivity contribution is 0.417. The minimum absolute atomic E-state index is 0.255. The number of imidazole rings is 1. The molecule has 0 amide bonds. The van der Waals surface area contributed by atoms with E-state index in [9.17, 15) is 4.39 Å². The van der Waals surface area contributed by atoms with Crippen LogP contribution in [0, 0.1) is 12.7 Å². The van der Waals surface area contributed by atoms with Crippen molar-refractivity contribution in [2.75, 3.05) is 7.11 Å². The van der Waals surface area contributed by atoms with Crippen LogP contribution in [-0.4, -0.2) is 16.5 Å². The lowest BCUT2D eigenvalue weighted by Gasteiger charge is -2.05. The molecular formula is C15H13FN2O. The van der Waals surface area contributed by atoms with Crippen molar-refractivity contribution in [3.8, 4) is 17.0 Å². The van der Waals surface area contributed by atoms with Gasteiger partial charge in [0.25, 0.3) is 0 Å². The molecule has 0 bridgehead atoms. The number of aromatic nitrogens is 2. The number of hydrogen-bond acceptors (Lipinski definition) is 2. The molecule has 96 valence electrons. The van der Waals surface area contributed by atoms with Crippen LogP contribution in [0.5, 0.6) is 5.75 Å². The summed E-state index contributed by atoms with van der Waals surface area (Å²) in [6.45, 7) is 1.91. The van der Waals surface area contributed by atoms with Crippen molar-refractivity contribution < 1.29 is 9.13 Å². The molecular weight excluding hydrogens is 243 g/mol. The van der Waals surface area contributed by atoms with E-state index in [4.69, 9.17) is 4.74 Å². The number of ether oxygens (including phenoxy) is 1. The van der Waals surface area contributed by atoms with Crippen molar-refractivity contribution in [3.63, 3.8) is 0 Å². The predicted octanol–water partition coefficient (Wildman–Crippen LogP) is 3.46. The highest BCUT2D eigenvalue weighted by atomic mass is 19.1. The maximum atomic E-state index is 13.4. The Bertz CT molecular complexity index is 749. The molecule has 2 aromatic heterocycles. The molecule has 19 heavy (non-hydrogen) atoms. The van der Waals surface area contributed by atoms with Crippen LogP contribution in [0.3, 0.4) is 0 Å². The van der Waals surface area contributed by atoms with Gasteiger partial charge in [-0.25, -0.2) is 9.37 Å². The first-order chi connectivity index (χ1) is 9.20. The number of nitrogens with zero attached hydrogens (tertiary/aromatic N) is 2. The highest BCUT2D eigenvalue weighted by molar-refractivity contribution is 5.70. The summed E-state index contributed by atoms with van der Waals surface area (Å²) in [5.74, 6) is 0.447. The Labute approximate surface area is 110 Å². The second kappa shape index (κ2) is 4.39. The molecule has 0 saturated carbocycles. The van der Waals surface area contributed by atoms with Crippen LogP contribution in [0.15, 0.2) is 42.6 Å². The summed E-state index contributed by atoms with van der Waals surface area (Å²) in [7, 11) is 1.61. The average molecular weight is 256 g/mol. The monoisotopic (exact) mass is 256 g/mol. The van der Waals surface area contributed by atoms with Crippen LogP contribution in [0.25, 0.3) is 16.9 Å². The Morgan fingerprint density at radius 3 is 2.79 bits per heavy atom. The first-order valence-corrected chi connectivity index (χ1v) is 5.98. The summed E-state index contributed by atoms with van der Waals surface area (Å²) < 4.78 is 20.6. The van der Waals surface area contributed by atoms with Crippen molar-refractivity contribution in [2.45, 2.75) is 6.92 Å². The van der Waals surface area contributed by atoms with E-state index < -0.39 is 0 Å². The molecule has 3 aromatic rings. The Morgan fingerprint density at radius 1 is 1.21 bits per heavy atom. The molecule has 0 unspecified atom stereocenters. The zero-order chi connectivity index (χ0) is 13.4. The topological polar surface area (TPSA) is 26.5 Å². The van der Waals surface area contributed by atoms with Gasteiger partial charge >= 0.3 is 0 Å². The second-order valence-corrected chi connectivity index (χ2v) is 4.33. The van der Waals surface area contributed by atoms with Crippen LogP contribution in [0.1, 0.15) is 5.69 Å². The third-order valence-corrected chi connectivity index (χ3v) is 3.11. The molecule has 0 aliphatic heterocycles. The van der Waals surface area contributed by atoms with Crippen molar-refractivity contribution in [1.29, 1.82) is 0 Å². The maximum absolute atomic E-state index is 13.4. The van der Waals surface area contributed by atoms with Gasteiger partial charge in [-0.3, -0.25) is 4.40 Å². The molecule has 0 saturated heterocycles. The molecule has 0 aliphatic rings. The van der Waals surface area contributed by atoms with E-state index in [-0.39, 0.29) is 5.82 Å². The minimum atomic E-state index is -0.255. The second-order valence-electron chi connectivity index (χ2n) is 4.33. The van der Waals surface area contributed by atoms with E-state index >= 15 is 0 Å². The van der Waals surface area contributed by atoms with Gasteiger partial charge in [0.2, 0.25) is 0 Å². The van der Waals surface area contributed by atoms with Crippen molar-refractivity contribution in [1.82, 2.24) is 9.38 Å². The van der Waals surface area contributed by atoms with Gasteiger partial charge in [0, 0.05) is 11.8 Å². The summed E-state index contributed by atoms with van der Waals surface area (Å²) in [6, 6.07) is 10.3. The van der Waals surface area contributed by atoms with Crippen molar-refractivity contribution in [3.05, 3.63) is 54.1 Å². The zero-order valence-corrected chi connectivity index (χ0v) is 10.7. The predicted molar refractivity (Wildman–Crippen MR) is 71.9 cm³/mol. The quantitative estimate of drug-likeness (QED) is 0.702. The van der Waals surface area contributed by atoms with Gasteiger partial charge in [-0.1, -0.05) is 12.1 Å². The van der Waals surface area contributed by atoms with E-state index in [1.807, 2.05) is 35.7 Å². The molecule has 0 atom stereocenters. The third-order valence-electron chi connectivity index (χ3n) is 3.11. The fraction of sp³-hybridized carbons (Fsp3) is 0.133. The van der Waals surface area contributed by atoms with Gasteiger partial charge in [0.1, 0.15) is 5.82 Å². The standard InChI is InChI=1S/C15H13FN2O/c1-10-14(11-5-3-6-12(16)9-11)18-8-4-7-13(19-2)15(18)17-10/h3-9H,1-2H3. The normalized spacial score (nSPS) is 10.9. The molecule has 3 nitrogen and oxygen atoms in total. The fourth-order valence-electron chi connectivity index (χ4n) is 2.30. The third kappa shape index (κ3) is 1.85. The maximum Gasteiger partial charge on any atom is 0.180 e. The summed E-state index contributed by atoms with van der Waals surface area (Å²) in [4.78, 5) is 4.51. The molecule has 4 heteroatoms. The Morgan fingerprint density at radius 2 is 2.05 bits per heavy atom. The van der Waals surface area contributed by atoms with Gasteiger partial charge in [-0.05, 0) is 31.2 Å². The lowest BCUT2D eigenvalue weighted by atomic mass is 10.1. The number of fused-ring (bicyclic) bond motifs is 1. The lowest BCUT2D eigenvalue weighted by Crippen LogP contribution is -1.92. The summed E-state index contributed by atoms with van der Waals surface area (Å²) >= 11 is 0. The highest BCUT2D eigenvalue weighted by Crippen LogP contribution is 2.28. The molecule has 0 fully saturated rings. The van der Waals surface area contributed by atoms with E-state index in [1.165, 1.54) is 12.1 Å². The Hall–Kier alpha value is -2.36. The number of methoxy groups -OCH3 is 1. The van der Waals surface area contributed by atoms with E-state index in [1.54, 1.807) is 13.2 Å². The first kappa shape index (κ1) is 11.7. The molecule has 0 radical (unpaired) electrons. The molecule has 1 aromatic carbocycles. The number of aryl methyl sites for hydroxylation is 1. The van der Waals surface area contributed by atoms with Crippen molar-refractivity contribution in [2.24, 2.45) is 0 Å². The molecule has 2 heterocycles. The minimum Gasteiger partial charge on any atom is -0.493 e. The summed E-state index contributed by atoms with van der Waals surface area (Å²) in [5, 5.41) is 0. The largest absolute Gasteiger partial charge is 0.493 e. The zero-order valence-electron chi connectivity index (χ0n) is 10.7. The van der Waals surface area contributed by atoms with Gasteiger partial charge in [-0.2, -0.15) is 0 Å². The van der Waals surface area contributed by atoms with Crippen LogP contribution < -0.4 is 4.74 Å². The summed E-state index contributed by atoms with van der Waals surface area (Å²) in [6.07, 6.45) is 1.90. The summed E-state index contributed by atoms with van der Waals surface area (Å²) in [5.41, 5.74) is 3.27.